The molecular formula is C21H23FN2O2. The second kappa shape index (κ2) is 7.28. The maximum absolute atomic E-state index is 13.4. The molecule has 1 atom stereocenters. The minimum atomic E-state index is -0.506. The molecule has 0 N–H and O–H groups in total. The third kappa shape index (κ3) is 3.62. The number of hydrogen-bond acceptors (Lipinski definition) is 2. The second-order valence-corrected chi connectivity index (χ2v) is 6.91. The molecule has 5 heteroatoms. The molecule has 0 saturated carbocycles. The average Bonchev–Trinajstić information content (AvgIpc) is 2.63. The van der Waals surface area contributed by atoms with Gasteiger partial charge < -0.3 is 9.80 Å². The van der Waals surface area contributed by atoms with E-state index in [4.69, 9.17) is 0 Å². The zero-order valence-electron chi connectivity index (χ0n) is 15.3. The molecule has 26 heavy (non-hydrogen) atoms. The Labute approximate surface area is 153 Å². The van der Waals surface area contributed by atoms with Crippen LogP contribution in [0.4, 0.5) is 4.39 Å². The summed E-state index contributed by atoms with van der Waals surface area (Å²) >= 11 is 0. The van der Waals surface area contributed by atoms with Crippen LogP contribution in [0.25, 0.3) is 0 Å². The molecule has 4 nitrogen and oxygen atoms in total. The highest BCUT2D eigenvalue weighted by Gasteiger charge is 2.34. The van der Waals surface area contributed by atoms with Gasteiger partial charge in [-0.2, -0.15) is 0 Å². The van der Waals surface area contributed by atoms with E-state index >= 15 is 0 Å². The van der Waals surface area contributed by atoms with Crippen LogP contribution in [0.2, 0.25) is 0 Å². The quantitative estimate of drug-likeness (QED) is 0.850. The number of aryl methyl sites for hydroxylation is 1. The normalized spacial score (nSPS) is 16.2. The number of hydrogen-bond donors (Lipinski definition) is 0. The van der Waals surface area contributed by atoms with Crippen molar-refractivity contribution in [2.45, 2.75) is 39.4 Å². The summed E-state index contributed by atoms with van der Waals surface area (Å²) in [7, 11) is 1.72. The van der Waals surface area contributed by atoms with Gasteiger partial charge in [0.1, 0.15) is 11.9 Å². The summed E-state index contributed by atoms with van der Waals surface area (Å²) in [6.45, 7) is 4.03. The van der Waals surface area contributed by atoms with Crippen LogP contribution in [-0.2, 0) is 29.1 Å². The van der Waals surface area contributed by atoms with Gasteiger partial charge in [0.15, 0.2) is 0 Å². The summed E-state index contributed by atoms with van der Waals surface area (Å²) in [5.74, 6) is -0.463. The highest BCUT2D eigenvalue weighted by Crippen LogP contribution is 2.25. The largest absolute Gasteiger partial charge is 0.340 e. The van der Waals surface area contributed by atoms with Gasteiger partial charge in [-0.3, -0.25) is 9.59 Å². The fourth-order valence-corrected chi connectivity index (χ4v) is 3.49. The Morgan fingerprint density at radius 2 is 1.88 bits per heavy atom. The van der Waals surface area contributed by atoms with E-state index in [1.54, 1.807) is 35.9 Å². The molecule has 2 aromatic carbocycles. The first kappa shape index (κ1) is 18.1. The monoisotopic (exact) mass is 354 g/mol. The van der Waals surface area contributed by atoms with Crippen molar-refractivity contribution in [1.29, 1.82) is 0 Å². The predicted octanol–water partition coefficient (Wildman–Crippen LogP) is 3.07. The van der Waals surface area contributed by atoms with Crippen molar-refractivity contribution in [1.82, 2.24) is 9.80 Å². The first-order valence-electron chi connectivity index (χ1n) is 8.71. The number of amides is 2. The zero-order chi connectivity index (χ0) is 18.8. The molecule has 0 unspecified atom stereocenters. The van der Waals surface area contributed by atoms with Gasteiger partial charge in [0, 0.05) is 33.5 Å². The molecule has 0 radical (unpaired) electrons. The number of likely N-dealkylation sites (N-methyl/N-ethyl adjacent to an activating group) is 1. The van der Waals surface area contributed by atoms with Crippen molar-refractivity contribution >= 4 is 11.8 Å². The van der Waals surface area contributed by atoms with E-state index in [1.807, 2.05) is 24.3 Å². The molecule has 0 fully saturated rings. The first-order chi connectivity index (χ1) is 12.4. The summed E-state index contributed by atoms with van der Waals surface area (Å²) in [6.07, 6.45) is 0.515. The number of benzene rings is 2. The van der Waals surface area contributed by atoms with Gasteiger partial charge in [0.25, 0.3) is 0 Å². The summed E-state index contributed by atoms with van der Waals surface area (Å²) < 4.78 is 13.4. The molecule has 0 bridgehead atoms. The van der Waals surface area contributed by atoms with Crippen molar-refractivity contribution in [2.75, 3.05) is 7.05 Å². The lowest BCUT2D eigenvalue weighted by atomic mass is 9.93. The zero-order valence-corrected chi connectivity index (χ0v) is 15.3. The molecule has 0 saturated heterocycles. The van der Waals surface area contributed by atoms with Crippen LogP contribution in [0, 0.1) is 12.7 Å². The fraction of sp³-hybridized carbons (Fsp3) is 0.333. The van der Waals surface area contributed by atoms with E-state index in [0.717, 1.165) is 16.7 Å². The van der Waals surface area contributed by atoms with Crippen LogP contribution in [0.15, 0.2) is 42.5 Å². The lowest BCUT2D eigenvalue weighted by Crippen LogP contribution is -2.52. The minimum Gasteiger partial charge on any atom is -0.340 e. The second-order valence-electron chi connectivity index (χ2n) is 6.91. The summed E-state index contributed by atoms with van der Waals surface area (Å²) in [4.78, 5) is 28.4. The van der Waals surface area contributed by atoms with E-state index in [1.165, 1.54) is 13.0 Å². The van der Waals surface area contributed by atoms with Gasteiger partial charge in [-0.05, 0) is 35.2 Å². The maximum Gasteiger partial charge on any atom is 0.245 e. The van der Waals surface area contributed by atoms with E-state index < -0.39 is 6.04 Å². The van der Waals surface area contributed by atoms with E-state index in [0.29, 0.717) is 25.1 Å². The van der Waals surface area contributed by atoms with Crippen molar-refractivity contribution < 1.29 is 14.0 Å². The van der Waals surface area contributed by atoms with Crippen molar-refractivity contribution in [3.05, 3.63) is 70.5 Å². The molecule has 2 aromatic rings. The average molecular weight is 354 g/mol. The highest BCUT2D eigenvalue weighted by atomic mass is 19.1. The number of carbonyl (C=O) groups is 2. The Kier molecular flexibility index (Phi) is 5.07. The smallest absolute Gasteiger partial charge is 0.245 e. The Bertz CT molecular complexity index is 850. The van der Waals surface area contributed by atoms with Gasteiger partial charge in [0.05, 0.1) is 0 Å². The van der Waals surface area contributed by atoms with Gasteiger partial charge in [-0.25, -0.2) is 4.39 Å². The molecule has 1 heterocycles. The van der Waals surface area contributed by atoms with Crippen molar-refractivity contribution in [2.24, 2.45) is 0 Å². The highest BCUT2D eigenvalue weighted by molar-refractivity contribution is 5.87. The molecule has 1 aliphatic heterocycles. The van der Waals surface area contributed by atoms with Gasteiger partial charge in [-0.1, -0.05) is 36.4 Å². The summed E-state index contributed by atoms with van der Waals surface area (Å²) in [6, 6.07) is 12.3. The Balaban J connectivity index is 1.80. The predicted molar refractivity (Wildman–Crippen MR) is 97.8 cm³/mol. The standard InChI is InChI=1S/C21H23FN2O2/c1-14-10-16(8-9-19(14)22)12-23(3)21(26)20-11-17-6-4-5-7-18(17)13-24(20)15(2)25/h4-10,20H,11-13H2,1-3H3/t20-/m0/s1. The lowest BCUT2D eigenvalue weighted by Gasteiger charge is -2.37. The van der Waals surface area contributed by atoms with Crippen LogP contribution in [0.1, 0.15) is 29.2 Å². The van der Waals surface area contributed by atoms with Gasteiger partial charge in [-0.15, -0.1) is 0 Å². The number of carbonyl (C=O) groups excluding carboxylic acids is 2. The molecule has 2 amide bonds. The third-order valence-electron chi connectivity index (χ3n) is 4.96. The van der Waals surface area contributed by atoms with Crippen molar-refractivity contribution in [3.8, 4) is 0 Å². The van der Waals surface area contributed by atoms with Crippen LogP contribution in [-0.4, -0.2) is 34.7 Å². The molecule has 1 aliphatic rings. The first-order valence-corrected chi connectivity index (χ1v) is 8.71. The van der Waals surface area contributed by atoms with Crippen molar-refractivity contribution in [3.63, 3.8) is 0 Å². The molecule has 3 rings (SSSR count). The maximum atomic E-state index is 13.4. The summed E-state index contributed by atoms with van der Waals surface area (Å²) in [5.41, 5.74) is 3.61. The van der Waals surface area contributed by atoms with E-state index in [2.05, 4.69) is 0 Å². The molecule has 0 aliphatic carbocycles. The Hall–Kier alpha value is -2.69. The van der Waals surface area contributed by atoms with Crippen LogP contribution in [0.3, 0.4) is 0 Å². The van der Waals surface area contributed by atoms with Crippen LogP contribution < -0.4 is 0 Å². The van der Waals surface area contributed by atoms with Gasteiger partial charge >= 0.3 is 0 Å². The number of fused-ring (bicyclic) bond motifs is 1. The number of nitrogens with zero attached hydrogens (tertiary/aromatic N) is 2. The molecule has 136 valence electrons. The molecule has 0 aromatic heterocycles. The third-order valence-corrected chi connectivity index (χ3v) is 4.96. The van der Waals surface area contributed by atoms with E-state index in [9.17, 15) is 14.0 Å². The fourth-order valence-electron chi connectivity index (χ4n) is 3.49. The number of rotatable bonds is 3. The number of halogens is 1. The SMILES string of the molecule is CC(=O)N1Cc2ccccc2C[C@H]1C(=O)N(C)Cc1ccc(F)c(C)c1. The lowest BCUT2D eigenvalue weighted by molar-refractivity contribution is -0.145. The Morgan fingerprint density at radius 3 is 2.54 bits per heavy atom. The van der Waals surface area contributed by atoms with E-state index in [-0.39, 0.29) is 17.6 Å². The topological polar surface area (TPSA) is 40.6 Å². The minimum absolute atomic E-state index is 0.100. The van der Waals surface area contributed by atoms with Gasteiger partial charge in [0.2, 0.25) is 11.8 Å². The van der Waals surface area contributed by atoms with Crippen LogP contribution in [0.5, 0.6) is 0 Å². The molecule has 0 spiro atoms. The van der Waals surface area contributed by atoms with Crippen LogP contribution >= 0.6 is 0 Å². The summed E-state index contributed by atoms with van der Waals surface area (Å²) in [5, 5.41) is 0. The Morgan fingerprint density at radius 1 is 1.19 bits per heavy atom. The molecular weight excluding hydrogens is 331 g/mol.